The number of nitrogens with one attached hydrogen (secondary N) is 2. The highest BCUT2D eigenvalue weighted by Gasteiger charge is 2.35. The number of rotatable bonds is 6. The highest BCUT2D eigenvalue weighted by atomic mass is 16.5. The molecule has 138 valence electrons. The van der Waals surface area contributed by atoms with Crippen LogP contribution in [-0.4, -0.2) is 24.2 Å². The van der Waals surface area contributed by atoms with Gasteiger partial charge in [0, 0.05) is 18.1 Å². The molecule has 0 radical (unpaired) electrons. The third kappa shape index (κ3) is 5.21. The predicted molar refractivity (Wildman–Crippen MR) is 100 cm³/mol. The zero-order valence-corrected chi connectivity index (χ0v) is 15.5. The van der Waals surface area contributed by atoms with Crippen molar-refractivity contribution < 1.29 is 9.53 Å². The summed E-state index contributed by atoms with van der Waals surface area (Å²) in [4.78, 5) is 11.9. The fourth-order valence-corrected chi connectivity index (χ4v) is 4.27. The first kappa shape index (κ1) is 18.2. The van der Waals surface area contributed by atoms with Crippen LogP contribution in [0, 0.1) is 11.8 Å². The number of amides is 1. The molecule has 2 saturated carbocycles. The lowest BCUT2D eigenvalue weighted by Gasteiger charge is -2.43. The van der Waals surface area contributed by atoms with E-state index in [0.717, 1.165) is 30.2 Å². The van der Waals surface area contributed by atoms with E-state index in [1.165, 1.54) is 25.7 Å². The molecule has 0 aliphatic heterocycles. The summed E-state index contributed by atoms with van der Waals surface area (Å²) in [6, 6.07) is 11.2. The molecule has 4 nitrogen and oxygen atoms in total. The van der Waals surface area contributed by atoms with Gasteiger partial charge in [-0.05, 0) is 43.1 Å². The van der Waals surface area contributed by atoms with E-state index in [1.54, 1.807) is 0 Å². The molecule has 0 aromatic heterocycles. The van der Waals surface area contributed by atoms with E-state index in [-0.39, 0.29) is 12.1 Å². The van der Waals surface area contributed by atoms with Crippen molar-refractivity contribution in [1.29, 1.82) is 0 Å². The lowest BCUT2D eigenvalue weighted by Crippen LogP contribution is -2.56. The number of alkyl carbamates (subject to hydrolysis) is 1. The minimum atomic E-state index is -0.301. The van der Waals surface area contributed by atoms with Crippen molar-refractivity contribution >= 4 is 6.09 Å². The summed E-state index contributed by atoms with van der Waals surface area (Å²) in [5.74, 6) is 1.55. The molecule has 2 unspecified atom stereocenters. The third-order valence-corrected chi connectivity index (χ3v) is 5.80. The highest BCUT2D eigenvalue weighted by Crippen LogP contribution is 2.32. The quantitative estimate of drug-likeness (QED) is 0.811. The first-order valence-electron chi connectivity index (χ1n) is 9.85. The Bertz CT molecular complexity index is 540. The van der Waals surface area contributed by atoms with Gasteiger partial charge in [-0.1, -0.05) is 57.0 Å². The van der Waals surface area contributed by atoms with Crippen LogP contribution in [-0.2, 0) is 11.3 Å². The van der Waals surface area contributed by atoms with Crippen molar-refractivity contribution in [2.24, 2.45) is 11.8 Å². The molecule has 2 atom stereocenters. The van der Waals surface area contributed by atoms with Gasteiger partial charge in [0.1, 0.15) is 6.61 Å². The Morgan fingerprint density at radius 1 is 1.12 bits per heavy atom. The summed E-state index contributed by atoms with van der Waals surface area (Å²) >= 11 is 0. The van der Waals surface area contributed by atoms with Crippen molar-refractivity contribution in [3.8, 4) is 0 Å². The van der Waals surface area contributed by atoms with Crippen molar-refractivity contribution in [3.05, 3.63) is 35.9 Å². The molecule has 25 heavy (non-hydrogen) atoms. The first-order valence-corrected chi connectivity index (χ1v) is 9.85. The van der Waals surface area contributed by atoms with E-state index in [9.17, 15) is 4.79 Å². The second-order valence-electron chi connectivity index (χ2n) is 8.04. The standard InChI is InChI=1S/C21H32N2O2/c1-15(2)19-10-6-7-11-20(19)22-17-12-18(13-17)23-21(24)25-14-16-8-4-3-5-9-16/h3-5,8-9,15,17-20,22H,6-7,10-14H2,1-2H3,(H,23,24). The average molecular weight is 344 g/mol. The van der Waals surface area contributed by atoms with Gasteiger partial charge in [-0.15, -0.1) is 0 Å². The molecular weight excluding hydrogens is 312 g/mol. The minimum absolute atomic E-state index is 0.252. The molecule has 0 heterocycles. The van der Waals surface area contributed by atoms with Crippen LogP contribution in [0.15, 0.2) is 30.3 Å². The van der Waals surface area contributed by atoms with Gasteiger partial charge in [0.25, 0.3) is 0 Å². The van der Waals surface area contributed by atoms with E-state index in [1.807, 2.05) is 30.3 Å². The van der Waals surface area contributed by atoms with Gasteiger partial charge >= 0.3 is 6.09 Å². The molecule has 2 N–H and O–H groups in total. The fraction of sp³-hybridized carbons (Fsp3) is 0.667. The molecule has 2 aliphatic rings. The van der Waals surface area contributed by atoms with Gasteiger partial charge in [-0.3, -0.25) is 0 Å². The molecular formula is C21H32N2O2. The normalized spacial score (nSPS) is 29.1. The maximum absolute atomic E-state index is 11.9. The van der Waals surface area contributed by atoms with Crippen molar-refractivity contribution in [3.63, 3.8) is 0 Å². The monoisotopic (exact) mass is 344 g/mol. The minimum Gasteiger partial charge on any atom is -0.445 e. The second-order valence-corrected chi connectivity index (χ2v) is 8.04. The van der Waals surface area contributed by atoms with Crippen LogP contribution in [0.2, 0.25) is 0 Å². The molecule has 1 amide bonds. The van der Waals surface area contributed by atoms with Crippen LogP contribution in [0.25, 0.3) is 0 Å². The number of hydrogen-bond donors (Lipinski definition) is 2. The fourth-order valence-electron chi connectivity index (χ4n) is 4.27. The SMILES string of the molecule is CC(C)C1CCCCC1NC1CC(NC(=O)OCc2ccccc2)C1. The molecule has 2 aliphatic carbocycles. The van der Waals surface area contributed by atoms with Crippen molar-refractivity contribution in [2.75, 3.05) is 0 Å². The predicted octanol–water partition coefficient (Wildman–Crippen LogP) is 4.25. The zero-order valence-electron chi connectivity index (χ0n) is 15.5. The molecule has 3 rings (SSSR count). The van der Waals surface area contributed by atoms with Gasteiger partial charge < -0.3 is 15.4 Å². The Morgan fingerprint density at radius 3 is 2.56 bits per heavy atom. The lowest BCUT2D eigenvalue weighted by molar-refractivity contribution is 0.117. The molecule has 1 aromatic carbocycles. The average Bonchev–Trinajstić information content (AvgIpc) is 2.59. The Morgan fingerprint density at radius 2 is 1.84 bits per heavy atom. The number of carbonyl (C=O) groups excluding carboxylic acids is 1. The summed E-state index contributed by atoms with van der Waals surface area (Å²) in [5, 5.41) is 6.84. The summed E-state index contributed by atoms with van der Waals surface area (Å²) in [6.07, 6.45) is 7.12. The molecule has 0 spiro atoms. The van der Waals surface area contributed by atoms with Crippen LogP contribution in [0.1, 0.15) is 57.9 Å². The van der Waals surface area contributed by atoms with Crippen LogP contribution in [0.4, 0.5) is 4.79 Å². The van der Waals surface area contributed by atoms with Crippen molar-refractivity contribution in [2.45, 2.75) is 77.1 Å². The number of carbonyl (C=O) groups is 1. The Labute approximate surface area is 151 Å². The number of hydrogen-bond acceptors (Lipinski definition) is 3. The molecule has 1 aromatic rings. The topological polar surface area (TPSA) is 50.4 Å². The molecule has 2 fully saturated rings. The van der Waals surface area contributed by atoms with Crippen LogP contribution in [0.3, 0.4) is 0 Å². The molecule has 0 bridgehead atoms. The summed E-state index contributed by atoms with van der Waals surface area (Å²) in [6.45, 7) is 5.02. The van der Waals surface area contributed by atoms with E-state index in [4.69, 9.17) is 4.74 Å². The lowest BCUT2D eigenvalue weighted by atomic mass is 9.76. The maximum atomic E-state index is 11.9. The van der Waals surface area contributed by atoms with Crippen LogP contribution < -0.4 is 10.6 Å². The maximum Gasteiger partial charge on any atom is 0.407 e. The second kappa shape index (κ2) is 8.70. The Balaban J connectivity index is 1.34. The van der Waals surface area contributed by atoms with Gasteiger partial charge in [-0.25, -0.2) is 4.79 Å². The third-order valence-electron chi connectivity index (χ3n) is 5.80. The van der Waals surface area contributed by atoms with Gasteiger partial charge in [0.2, 0.25) is 0 Å². The van der Waals surface area contributed by atoms with E-state index in [0.29, 0.717) is 18.7 Å². The van der Waals surface area contributed by atoms with Gasteiger partial charge in [0.05, 0.1) is 0 Å². The molecule has 0 saturated heterocycles. The van der Waals surface area contributed by atoms with Gasteiger partial charge in [-0.2, -0.15) is 0 Å². The smallest absolute Gasteiger partial charge is 0.407 e. The zero-order chi connectivity index (χ0) is 17.6. The highest BCUT2D eigenvalue weighted by molar-refractivity contribution is 5.67. The first-order chi connectivity index (χ1) is 12.1. The van der Waals surface area contributed by atoms with E-state index in [2.05, 4.69) is 24.5 Å². The van der Waals surface area contributed by atoms with Gasteiger partial charge in [0.15, 0.2) is 0 Å². The van der Waals surface area contributed by atoms with E-state index >= 15 is 0 Å². The summed E-state index contributed by atoms with van der Waals surface area (Å²) in [7, 11) is 0. The van der Waals surface area contributed by atoms with Crippen LogP contribution >= 0.6 is 0 Å². The van der Waals surface area contributed by atoms with Crippen LogP contribution in [0.5, 0.6) is 0 Å². The van der Waals surface area contributed by atoms with E-state index < -0.39 is 0 Å². The number of ether oxygens (including phenoxy) is 1. The Kier molecular flexibility index (Phi) is 6.35. The Hall–Kier alpha value is -1.55. The summed E-state index contributed by atoms with van der Waals surface area (Å²) < 4.78 is 5.30. The largest absolute Gasteiger partial charge is 0.445 e. The van der Waals surface area contributed by atoms with Crippen molar-refractivity contribution in [1.82, 2.24) is 10.6 Å². The summed E-state index contributed by atoms with van der Waals surface area (Å²) in [5.41, 5.74) is 1.02. The molecule has 4 heteroatoms. The number of benzene rings is 1.